The van der Waals surface area contributed by atoms with Crippen LogP contribution in [0.25, 0.3) is 0 Å². The molecule has 0 aromatic heterocycles. The lowest BCUT2D eigenvalue weighted by molar-refractivity contribution is 0.0150. The first-order valence-electron chi connectivity index (χ1n) is 14.0. The molecule has 0 saturated carbocycles. The van der Waals surface area contributed by atoms with Gasteiger partial charge in [-0.25, -0.2) is 0 Å². The minimum atomic E-state index is 0.0818. The molecule has 0 amide bonds. The van der Waals surface area contributed by atoms with Crippen LogP contribution in [0.5, 0.6) is 5.75 Å². The van der Waals surface area contributed by atoms with Crippen molar-refractivity contribution in [2.75, 3.05) is 27.3 Å². The van der Waals surface area contributed by atoms with E-state index in [0.717, 1.165) is 25.4 Å². The van der Waals surface area contributed by atoms with E-state index in [-0.39, 0.29) is 24.1 Å². The maximum absolute atomic E-state index is 6.54. The number of hydrogen-bond acceptors (Lipinski definition) is 4. The second-order valence-corrected chi connectivity index (χ2v) is 10.4. The lowest BCUT2D eigenvalue weighted by Gasteiger charge is -2.40. The summed E-state index contributed by atoms with van der Waals surface area (Å²) in [7, 11) is 4.00. The van der Waals surface area contributed by atoms with E-state index in [1.54, 1.807) is 7.11 Å². The summed E-state index contributed by atoms with van der Waals surface area (Å²) in [5.74, 6) is 1.11. The van der Waals surface area contributed by atoms with Crippen LogP contribution >= 0.6 is 0 Å². The Hall–Kier alpha value is -3.44. The summed E-state index contributed by atoms with van der Waals surface area (Å²) in [6.45, 7) is 5.34. The maximum atomic E-state index is 6.54. The number of likely N-dealkylation sites (N-methyl/N-ethyl adjacent to an activating group) is 1. The van der Waals surface area contributed by atoms with Gasteiger partial charge in [0.15, 0.2) is 0 Å². The molecule has 0 N–H and O–H groups in total. The molecule has 39 heavy (non-hydrogen) atoms. The van der Waals surface area contributed by atoms with Crippen LogP contribution in [0.4, 0.5) is 0 Å². The van der Waals surface area contributed by atoms with E-state index >= 15 is 0 Å². The van der Waals surface area contributed by atoms with Crippen molar-refractivity contribution >= 4 is 0 Å². The van der Waals surface area contributed by atoms with Gasteiger partial charge in [-0.1, -0.05) is 109 Å². The predicted octanol–water partition coefficient (Wildman–Crippen LogP) is 6.62. The summed E-state index contributed by atoms with van der Waals surface area (Å²) >= 11 is 0. The fourth-order valence-corrected chi connectivity index (χ4v) is 6.32. The summed E-state index contributed by atoms with van der Waals surface area (Å²) < 4.78 is 12.3. The molecule has 0 spiro atoms. The van der Waals surface area contributed by atoms with Gasteiger partial charge in [-0.15, -0.1) is 0 Å². The van der Waals surface area contributed by atoms with Gasteiger partial charge in [-0.05, 0) is 36.7 Å². The van der Waals surface area contributed by atoms with E-state index in [1.807, 2.05) is 12.1 Å². The molecule has 202 valence electrons. The van der Waals surface area contributed by atoms with Gasteiger partial charge in [-0.2, -0.15) is 0 Å². The van der Waals surface area contributed by atoms with Crippen molar-refractivity contribution in [1.82, 2.24) is 9.80 Å². The van der Waals surface area contributed by atoms with Crippen LogP contribution in [0.1, 0.15) is 35.1 Å². The number of nitrogens with zero attached hydrogens (tertiary/aromatic N) is 2. The van der Waals surface area contributed by atoms with Gasteiger partial charge in [0.25, 0.3) is 0 Å². The highest BCUT2D eigenvalue weighted by Crippen LogP contribution is 2.40. The standard InChI is InChI=1S/C35H40N2O2/c1-4-39-32-26-37(24-27-16-8-5-9-17-27)35(34(32)36(2)25-30-22-14-15-23-31(30)38-3)33(28-18-10-6-11-19-28)29-20-12-7-13-21-29/h5-23,32-35H,4,24-26H2,1-3H3. The molecule has 4 nitrogen and oxygen atoms in total. The van der Waals surface area contributed by atoms with Crippen molar-refractivity contribution in [3.8, 4) is 5.75 Å². The largest absolute Gasteiger partial charge is 0.496 e. The third kappa shape index (κ3) is 6.25. The summed E-state index contributed by atoms with van der Waals surface area (Å²) in [4.78, 5) is 5.15. The topological polar surface area (TPSA) is 24.9 Å². The Morgan fingerprint density at radius 1 is 0.795 bits per heavy atom. The Bertz CT molecular complexity index is 1240. The molecule has 4 aromatic rings. The van der Waals surface area contributed by atoms with Gasteiger partial charge in [0.2, 0.25) is 0 Å². The quantitative estimate of drug-likeness (QED) is 0.222. The van der Waals surface area contributed by atoms with Crippen molar-refractivity contribution in [3.05, 3.63) is 138 Å². The van der Waals surface area contributed by atoms with Crippen LogP contribution in [0, 0.1) is 0 Å². The molecule has 4 heteroatoms. The number of para-hydroxylation sites is 1. The smallest absolute Gasteiger partial charge is 0.123 e. The molecule has 1 heterocycles. The van der Waals surface area contributed by atoms with Crippen LogP contribution in [0.2, 0.25) is 0 Å². The van der Waals surface area contributed by atoms with Gasteiger partial charge in [0, 0.05) is 43.8 Å². The molecule has 1 saturated heterocycles. The summed E-state index contributed by atoms with van der Waals surface area (Å²) in [6, 6.07) is 41.5. The molecule has 0 aliphatic carbocycles. The first-order chi connectivity index (χ1) is 19.2. The highest BCUT2D eigenvalue weighted by molar-refractivity contribution is 5.37. The number of methoxy groups -OCH3 is 1. The van der Waals surface area contributed by atoms with Gasteiger partial charge in [0.1, 0.15) is 5.75 Å². The van der Waals surface area contributed by atoms with E-state index < -0.39 is 0 Å². The van der Waals surface area contributed by atoms with Gasteiger partial charge in [0.05, 0.1) is 19.3 Å². The Morgan fingerprint density at radius 3 is 1.95 bits per heavy atom. The molecule has 3 unspecified atom stereocenters. The zero-order chi connectivity index (χ0) is 27.0. The molecule has 1 aliphatic heterocycles. The van der Waals surface area contributed by atoms with Crippen LogP contribution in [-0.2, 0) is 17.8 Å². The highest BCUT2D eigenvalue weighted by Gasteiger charge is 2.48. The van der Waals surface area contributed by atoms with Gasteiger partial charge >= 0.3 is 0 Å². The number of hydrogen-bond donors (Lipinski definition) is 0. The van der Waals surface area contributed by atoms with Crippen LogP contribution in [-0.4, -0.2) is 55.3 Å². The number of ether oxygens (including phenoxy) is 2. The van der Waals surface area contributed by atoms with Crippen molar-refractivity contribution in [1.29, 1.82) is 0 Å². The molecule has 1 fully saturated rings. The molecular weight excluding hydrogens is 480 g/mol. The zero-order valence-corrected chi connectivity index (χ0v) is 23.3. The Kier molecular flexibility index (Phi) is 9.10. The first-order valence-corrected chi connectivity index (χ1v) is 14.0. The minimum absolute atomic E-state index is 0.0818. The first kappa shape index (κ1) is 27.1. The lowest BCUT2D eigenvalue weighted by Crippen LogP contribution is -2.50. The highest BCUT2D eigenvalue weighted by atomic mass is 16.5. The predicted molar refractivity (Wildman–Crippen MR) is 159 cm³/mol. The number of likely N-dealkylation sites (tertiary alicyclic amines) is 1. The van der Waals surface area contributed by atoms with Gasteiger partial charge in [-0.3, -0.25) is 9.80 Å². The Balaban J connectivity index is 1.60. The van der Waals surface area contributed by atoms with Crippen LogP contribution < -0.4 is 4.74 Å². The Morgan fingerprint density at radius 2 is 1.36 bits per heavy atom. The van der Waals surface area contributed by atoms with E-state index in [2.05, 4.69) is 127 Å². The Labute approximate surface area is 233 Å². The summed E-state index contributed by atoms with van der Waals surface area (Å²) in [5, 5.41) is 0. The molecule has 4 aromatic carbocycles. The van der Waals surface area contributed by atoms with E-state index in [4.69, 9.17) is 9.47 Å². The molecule has 1 aliphatic rings. The molecule has 0 radical (unpaired) electrons. The van der Waals surface area contributed by atoms with Crippen molar-refractivity contribution in [3.63, 3.8) is 0 Å². The molecular formula is C35H40N2O2. The summed E-state index contributed by atoms with van der Waals surface area (Å²) in [5.41, 5.74) is 5.18. The SMILES string of the molecule is CCOC1CN(Cc2ccccc2)C(C(c2ccccc2)c2ccccc2)C1N(C)Cc1ccccc1OC. The third-order valence-electron chi connectivity index (χ3n) is 7.96. The molecule has 5 rings (SSSR count). The monoisotopic (exact) mass is 520 g/mol. The van der Waals surface area contributed by atoms with Crippen molar-refractivity contribution in [2.45, 2.75) is 44.1 Å². The maximum Gasteiger partial charge on any atom is 0.123 e. The number of benzene rings is 4. The second-order valence-electron chi connectivity index (χ2n) is 10.4. The summed E-state index contributed by atoms with van der Waals surface area (Å²) in [6.07, 6.45) is 0.0818. The fourth-order valence-electron chi connectivity index (χ4n) is 6.32. The fraction of sp³-hybridized carbons (Fsp3) is 0.314. The number of rotatable bonds is 11. The lowest BCUT2D eigenvalue weighted by atomic mass is 9.81. The molecule has 0 bridgehead atoms. The van der Waals surface area contributed by atoms with E-state index in [1.165, 1.54) is 22.3 Å². The normalized spacial score (nSPS) is 19.6. The average Bonchev–Trinajstić information content (AvgIpc) is 3.32. The zero-order valence-electron chi connectivity index (χ0n) is 23.3. The van der Waals surface area contributed by atoms with Crippen molar-refractivity contribution in [2.24, 2.45) is 0 Å². The van der Waals surface area contributed by atoms with E-state index in [0.29, 0.717) is 6.61 Å². The van der Waals surface area contributed by atoms with Gasteiger partial charge < -0.3 is 9.47 Å². The molecule has 3 atom stereocenters. The van der Waals surface area contributed by atoms with Crippen molar-refractivity contribution < 1.29 is 9.47 Å². The second kappa shape index (κ2) is 13.1. The van der Waals surface area contributed by atoms with E-state index in [9.17, 15) is 0 Å². The average molecular weight is 521 g/mol. The van der Waals surface area contributed by atoms with Crippen LogP contribution in [0.3, 0.4) is 0 Å². The van der Waals surface area contributed by atoms with Crippen LogP contribution in [0.15, 0.2) is 115 Å². The minimum Gasteiger partial charge on any atom is -0.496 e. The third-order valence-corrected chi connectivity index (χ3v) is 7.96.